The van der Waals surface area contributed by atoms with Crippen LogP contribution in [0.15, 0.2) is 46.9 Å². The number of nitrogens with one attached hydrogen (secondary N) is 1. The van der Waals surface area contributed by atoms with Crippen molar-refractivity contribution in [3.05, 3.63) is 63.9 Å². The molecule has 1 saturated heterocycles. The number of amides is 1. The number of nitrogens with zero attached hydrogens (tertiary/aromatic N) is 1. The van der Waals surface area contributed by atoms with Crippen molar-refractivity contribution in [2.75, 3.05) is 19.6 Å². The van der Waals surface area contributed by atoms with Gasteiger partial charge in [0, 0.05) is 41.7 Å². The zero-order chi connectivity index (χ0) is 19.1. The first-order valence-electron chi connectivity index (χ1n) is 9.26. The molecule has 0 spiro atoms. The van der Waals surface area contributed by atoms with Crippen LogP contribution >= 0.6 is 15.9 Å². The Morgan fingerprint density at radius 3 is 2.81 bits per heavy atom. The van der Waals surface area contributed by atoms with Crippen molar-refractivity contribution >= 4 is 21.8 Å². The lowest BCUT2D eigenvalue weighted by molar-refractivity contribution is -0.127. The number of rotatable bonds is 9. The van der Waals surface area contributed by atoms with Gasteiger partial charge in [0.25, 0.3) is 0 Å². The van der Waals surface area contributed by atoms with Crippen molar-refractivity contribution in [2.45, 2.75) is 32.4 Å². The first-order chi connectivity index (χ1) is 13.1. The molecule has 1 amide bonds. The number of ether oxygens (including phenoxy) is 1. The van der Waals surface area contributed by atoms with E-state index in [0.29, 0.717) is 18.5 Å². The lowest BCUT2D eigenvalue weighted by Crippen LogP contribution is -2.28. The van der Waals surface area contributed by atoms with Gasteiger partial charge in [0.15, 0.2) is 0 Å². The summed E-state index contributed by atoms with van der Waals surface area (Å²) in [5, 5.41) is 3.40. The van der Waals surface area contributed by atoms with Crippen molar-refractivity contribution in [1.82, 2.24) is 10.2 Å². The van der Waals surface area contributed by atoms with Gasteiger partial charge < -0.3 is 15.0 Å². The molecule has 0 aromatic heterocycles. The summed E-state index contributed by atoms with van der Waals surface area (Å²) in [4.78, 5) is 13.5. The van der Waals surface area contributed by atoms with E-state index in [1.54, 1.807) is 18.2 Å². The predicted molar refractivity (Wildman–Crippen MR) is 107 cm³/mol. The molecule has 1 aliphatic heterocycles. The summed E-state index contributed by atoms with van der Waals surface area (Å²) in [5.41, 5.74) is 1.55. The van der Waals surface area contributed by atoms with Crippen LogP contribution in [0.3, 0.4) is 0 Å². The van der Waals surface area contributed by atoms with Gasteiger partial charge >= 0.3 is 0 Å². The molecule has 1 aliphatic rings. The molecule has 1 fully saturated rings. The summed E-state index contributed by atoms with van der Waals surface area (Å²) in [6.07, 6.45) is 2.59. The maximum Gasteiger partial charge on any atom is 0.222 e. The van der Waals surface area contributed by atoms with Crippen LogP contribution in [-0.2, 0) is 17.9 Å². The van der Waals surface area contributed by atoms with Crippen LogP contribution < -0.4 is 10.1 Å². The third-order valence-electron chi connectivity index (χ3n) is 4.63. The van der Waals surface area contributed by atoms with Gasteiger partial charge in [-0.15, -0.1) is 0 Å². The topological polar surface area (TPSA) is 41.6 Å². The third-order valence-corrected chi connectivity index (χ3v) is 5.13. The zero-order valence-corrected chi connectivity index (χ0v) is 16.8. The van der Waals surface area contributed by atoms with Crippen molar-refractivity contribution in [1.29, 1.82) is 0 Å². The van der Waals surface area contributed by atoms with Crippen molar-refractivity contribution in [3.8, 4) is 5.75 Å². The highest BCUT2D eigenvalue weighted by Gasteiger charge is 2.18. The van der Waals surface area contributed by atoms with Crippen LogP contribution in [-0.4, -0.2) is 30.4 Å². The van der Waals surface area contributed by atoms with E-state index in [1.807, 2.05) is 23.1 Å². The number of hydrogen-bond donors (Lipinski definition) is 1. The summed E-state index contributed by atoms with van der Waals surface area (Å²) in [7, 11) is 0. The Morgan fingerprint density at radius 2 is 2.04 bits per heavy atom. The molecule has 0 atom stereocenters. The highest BCUT2D eigenvalue weighted by atomic mass is 79.9. The van der Waals surface area contributed by atoms with Gasteiger partial charge in [-0.1, -0.05) is 34.1 Å². The van der Waals surface area contributed by atoms with Gasteiger partial charge in [-0.2, -0.15) is 0 Å². The van der Waals surface area contributed by atoms with Crippen LogP contribution in [0, 0.1) is 5.82 Å². The Labute approximate surface area is 167 Å². The molecule has 0 aliphatic carbocycles. The fourth-order valence-corrected chi connectivity index (χ4v) is 3.56. The van der Waals surface area contributed by atoms with E-state index in [2.05, 4.69) is 21.2 Å². The molecule has 1 heterocycles. The summed E-state index contributed by atoms with van der Waals surface area (Å²) in [5.74, 6) is 0.750. The number of likely N-dealkylation sites (tertiary alicyclic amines) is 1. The average Bonchev–Trinajstić information content (AvgIpc) is 3.07. The molecule has 0 radical (unpaired) electrons. The number of halogens is 2. The standard InChI is InChI=1S/C21H24BrFN2O2/c22-18-8-9-20(27-15-16-5-1-2-6-19(16)23)17(13-18)14-24-10-4-12-25-11-3-7-21(25)26/h1-2,5-6,8-9,13,24H,3-4,7,10-12,14-15H2. The van der Waals surface area contributed by atoms with E-state index in [-0.39, 0.29) is 18.3 Å². The molecule has 3 rings (SSSR count). The lowest BCUT2D eigenvalue weighted by Gasteiger charge is -2.16. The predicted octanol–water partition coefficient (Wildman–Crippen LogP) is 4.27. The first kappa shape index (κ1) is 19.8. The first-order valence-corrected chi connectivity index (χ1v) is 10.1. The molecule has 1 N–H and O–H groups in total. The number of hydrogen-bond acceptors (Lipinski definition) is 3. The molecule has 4 nitrogen and oxygen atoms in total. The largest absolute Gasteiger partial charge is 0.488 e. The normalized spacial score (nSPS) is 14.0. The minimum absolute atomic E-state index is 0.193. The number of carbonyl (C=O) groups is 1. The second-order valence-corrected chi connectivity index (χ2v) is 7.56. The van der Waals surface area contributed by atoms with Gasteiger partial charge in [0.1, 0.15) is 18.2 Å². The summed E-state index contributed by atoms with van der Waals surface area (Å²) < 4.78 is 20.6. The molecular formula is C21H24BrFN2O2. The minimum Gasteiger partial charge on any atom is -0.488 e. The van der Waals surface area contributed by atoms with E-state index in [0.717, 1.165) is 48.3 Å². The lowest BCUT2D eigenvalue weighted by atomic mass is 10.2. The highest BCUT2D eigenvalue weighted by Crippen LogP contribution is 2.24. The van der Waals surface area contributed by atoms with Gasteiger partial charge in [-0.25, -0.2) is 4.39 Å². The van der Waals surface area contributed by atoms with Gasteiger partial charge in [-0.05, 0) is 43.7 Å². The summed E-state index contributed by atoms with van der Waals surface area (Å²) in [6, 6.07) is 12.5. The van der Waals surface area contributed by atoms with E-state index in [4.69, 9.17) is 4.74 Å². The summed E-state index contributed by atoms with van der Waals surface area (Å²) in [6.45, 7) is 3.36. The number of carbonyl (C=O) groups excluding carboxylic acids is 1. The Bertz CT molecular complexity index is 785. The molecule has 0 unspecified atom stereocenters. The second-order valence-electron chi connectivity index (χ2n) is 6.65. The maximum absolute atomic E-state index is 13.8. The molecular weight excluding hydrogens is 411 g/mol. The van der Waals surface area contributed by atoms with E-state index in [1.165, 1.54) is 6.07 Å². The third kappa shape index (κ3) is 5.78. The SMILES string of the molecule is O=C1CCCN1CCCNCc1cc(Br)ccc1OCc1ccccc1F. The smallest absolute Gasteiger partial charge is 0.222 e. The monoisotopic (exact) mass is 434 g/mol. The van der Waals surface area contributed by atoms with Crippen LogP contribution in [0.1, 0.15) is 30.4 Å². The van der Waals surface area contributed by atoms with Crippen LogP contribution in [0.25, 0.3) is 0 Å². The molecule has 144 valence electrons. The van der Waals surface area contributed by atoms with Gasteiger partial charge in [-0.3, -0.25) is 4.79 Å². The van der Waals surface area contributed by atoms with Crippen LogP contribution in [0.4, 0.5) is 4.39 Å². The Morgan fingerprint density at radius 1 is 1.19 bits per heavy atom. The molecule has 0 bridgehead atoms. The van der Waals surface area contributed by atoms with E-state index >= 15 is 0 Å². The molecule has 0 saturated carbocycles. The molecule has 6 heteroatoms. The van der Waals surface area contributed by atoms with Crippen LogP contribution in [0.2, 0.25) is 0 Å². The highest BCUT2D eigenvalue weighted by molar-refractivity contribution is 9.10. The van der Waals surface area contributed by atoms with Gasteiger partial charge in [0.2, 0.25) is 5.91 Å². The minimum atomic E-state index is -0.259. The Kier molecular flexibility index (Phi) is 7.24. The Hall–Kier alpha value is -1.92. The van der Waals surface area contributed by atoms with Crippen molar-refractivity contribution in [2.24, 2.45) is 0 Å². The fourth-order valence-electron chi connectivity index (χ4n) is 3.16. The van der Waals surface area contributed by atoms with Crippen molar-refractivity contribution in [3.63, 3.8) is 0 Å². The molecule has 27 heavy (non-hydrogen) atoms. The van der Waals surface area contributed by atoms with E-state index in [9.17, 15) is 9.18 Å². The molecule has 2 aromatic rings. The second kappa shape index (κ2) is 9.85. The quantitative estimate of drug-likeness (QED) is 0.599. The maximum atomic E-state index is 13.8. The molecule has 2 aromatic carbocycles. The Balaban J connectivity index is 1.49. The van der Waals surface area contributed by atoms with E-state index < -0.39 is 0 Å². The average molecular weight is 435 g/mol. The number of benzene rings is 2. The van der Waals surface area contributed by atoms with Gasteiger partial charge in [0.05, 0.1) is 0 Å². The summed E-state index contributed by atoms with van der Waals surface area (Å²) >= 11 is 3.49. The fraction of sp³-hybridized carbons (Fsp3) is 0.381. The van der Waals surface area contributed by atoms with Crippen LogP contribution in [0.5, 0.6) is 5.75 Å². The van der Waals surface area contributed by atoms with Crippen molar-refractivity contribution < 1.29 is 13.9 Å². The zero-order valence-electron chi connectivity index (χ0n) is 15.2.